The van der Waals surface area contributed by atoms with Crippen molar-refractivity contribution >= 4 is 0 Å². The van der Waals surface area contributed by atoms with Gasteiger partial charge in [0.2, 0.25) is 0 Å². The van der Waals surface area contributed by atoms with Crippen LogP contribution in [0.3, 0.4) is 0 Å². The minimum Gasteiger partial charge on any atom is -0.330 e. The Morgan fingerprint density at radius 2 is 0.750 bits per heavy atom. The van der Waals surface area contributed by atoms with Crippen LogP contribution in [0, 0.1) is 11.8 Å². The van der Waals surface area contributed by atoms with E-state index in [0.717, 1.165) is 13.0 Å². The second kappa shape index (κ2) is 22.5. The summed E-state index contributed by atoms with van der Waals surface area (Å²) < 4.78 is 0. The van der Waals surface area contributed by atoms with Gasteiger partial charge in [-0.15, -0.1) is 11.8 Å². The maximum absolute atomic E-state index is 5.51. The molecule has 0 aliphatic carbocycles. The highest BCUT2D eigenvalue weighted by molar-refractivity contribution is 4.94. The van der Waals surface area contributed by atoms with Gasteiger partial charge in [0.1, 0.15) is 0 Å². The average Bonchev–Trinajstić information content (AvgIpc) is 2.60. The molecule has 0 amide bonds. The Balaban J connectivity index is 2.96. The molecule has 0 atom stereocenters. The Morgan fingerprint density at radius 1 is 0.458 bits per heavy atom. The lowest BCUT2D eigenvalue weighted by molar-refractivity contribution is 0.524. The van der Waals surface area contributed by atoms with Gasteiger partial charge < -0.3 is 5.73 Å². The molecule has 1 heteroatoms. The van der Waals surface area contributed by atoms with E-state index in [1.807, 2.05) is 6.92 Å². The van der Waals surface area contributed by atoms with E-state index in [1.54, 1.807) is 0 Å². The lowest BCUT2D eigenvalue weighted by atomic mass is 10.0. The van der Waals surface area contributed by atoms with Gasteiger partial charge in [-0.1, -0.05) is 103 Å². The topological polar surface area (TPSA) is 26.0 Å². The molecule has 0 bridgehead atoms. The molecule has 0 saturated carbocycles. The van der Waals surface area contributed by atoms with E-state index in [4.69, 9.17) is 5.73 Å². The fourth-order valence-corrected chi connectivity index (χ4v) is 3.31. The highest BCUT2D eigenvalue weighted by Gasteiger charge is 1.95. The molecule has 142 valence electrons. The fourth-order valence-electron chi connectivity index (χ4n) is 3.31. The number of unbranched alkanes of at least 4 members (excludes halogenated alkanes) is 18. The molecular formula is C23H45N. The average molecular weight is 336 g/mol. The van der Waals surface area contributed by atoms with Gasteiger partial charge in [0.05, 0.1) is 0 Å². The summed E-state index contributed by atoms with van der Waals surface area (Å²) in [5, 5.41) is 0. The number of hydrogen-bond acceptors (Lipinski definition) is 1. The third kappa shape index (κ3) is 21.5. The first-order valence-corrected chi connectivity index (χ1v) is 11.0. The Hall–Kier alpha value is -0.480. The first-order valence-electron chi connectivity index (χ1n) is 11.0. The van der Waals surface area contributed by atoms with Crippen molar-refractivity contribution in [2.45, 2.75) is 129 Å². The summed E-state index contributed by atoms with van der Waals surface area (Å²) >= 11 is 0. The first kappa shape index (κ1) is 23.5. The van der Waals surface area contributed by atoms with E-state index < -0.39 is 0 Å². The Bertz CT molecular complexity index is 273. The van der Waals surface area contributed by atoms with Gasteiger partial charge >= 0.3 is 0 Å². The van der Waals surface area contributed by atoms with Gasteiger partial charge in [-0.3, -0.25) is 0 Å². The highest BCUT2D eigenvalue weighted by atomic mass is 14.5. The Labute approximate surface area is 153 Å². The van der Waals surface area contributed by atoms with Gasteiger partial charge in [-0.25, -0.2) is 0 Å². The van der Waals surface area contributed by atoms with E-state index in [1.165, 1.54) is 116 Å². The molecule has 2 N–H and O–H groups in total. The Morgan fingerprint density at radius 3 is 1.04 bits per heavy atom. The van der Waals surface area contributed by atoms with Gasteiger partial charge in [-0.2, -0.15) is 0 Å². The van der Waals surface area contributed by atoms with Crippen LogP contribution in [0.1, 0.15) is 129 Å². The van der Waals surface area contributed by atoms with Crippen LogP contribution >= 0.6 is 0 Å². The molecule has 0 spiro atoms. The lowest BCUT2D eigenvalue weighted by Gasteiger charge is -2.03. The van der Waals surface area contributed by atoms with Crippen LogP contribution in [0.4, 0.5) is 0 Å². The van der Waals surface area contributed by atoms with Crippen molar-refractivity contribution in [3.63, 3.8) is 0 Å². The first-order chi connectivity index (χ1) is 11.9. The maximum atomic E-state index is 5.51. The number of nitrogens with two attached hydrogens (primary N) is 1. The van der Waals surface area contributed by atoms with Crippen molar-refractivity contribution in [2.75, 3.05) is 6.54 Å². The molecule has 0 aliphatic heterocycles. The van der Waals surface area contributed by atoms with Gasteiger partial charge in [0.15, 0.2) is 0 Å². The standard InChI is InChI=1S/C23H45N/c1-2-3-4-5-6-7-8-9-10-11-12-13-14-15-16-17-18-19-20-21-22-23-24/h4-24H2,1H3. The highest BCUT2D eigenvalue weighted by Crippen LogP contribution is 2.14. The van der Waals surface area contributed by atoms with Crippen molar-refractivity contribution in [1.82, 2.24) is 0 Å². The zero-order valence-corrected chi connectivity index (χ0v) is 16.7. The minimum atomic E-state index is 0.870. The smallest absolute Gasteiger partial charge is 0.00885 e. The van der Waals surface area contributed by atoms with E-state index in [2.05, 4.69) is 11.8 Å². The summed E-state index contributed by atoms with van der Waals surface area (Å²) in [6.45, 7) is 2.81. The molecule has 0 radical (unpaired) electrons. The molecule has 1 nitrogen and oxygen atoms in total. The number of hydrogen-bond donors (Lipinski definition) is 1. The third-order valence-electron chi connectivity index (χ3n) is 4.93. The molecule has 0 aromatic carbocycles. The third-order valence-corrected chi connectivity index (χ3v) is 4.93. The van der Waals surface area contributed by atoms with Gasteiger partial charge in [0, 0.05) is 6.42 Å². The zero-order chi connectivity index (χ0) is 17.6. The largest absolute Gasteiger partial charge is 0.330 e. The normalized spacial score (nSPS) is 10.6. The predicted octanol–water partition coefficient (Wildman–Crippen LogP) is 7.38. The molecule has 0 rings (SSSR count). The Kier molecular flexibility index (Phi) is 22.1. The quantitative estimate of drug-likeness (QED) is 0.193. The molecule has 0 fully saturated rings. The van der Waals surface area contributed by atoms with E-state index in [9.17, 15) is 0 Å². The summed E-state index contributed by atoms with van der Waals surface area (Å²) in [5.74, 6) is 6.12. The maximum Gasteiger partial charge on any atom is 0.00885 e. The second-order valence-electron chi connectivity index (χ2n) is 7.33. The van der Waals surface area contributed by atoms with Crippen LogP contribution in [-0.2, 0) is 0 Å². The molecule has 0 heterocycles. The summed E-state index contributed by atoms with van der Waals surface area (Å²) in [7, 11) is 0. The molecule has 0 aliphatic rings. The van der Waals surface area contributed by atoms with Crippen LogP contribution in [0.25, 0.3) is 0 Å². The summed E-state index contributed by atoms with van der Waals surface area (Å²) in [4.78, 5) is 0. The molecule has 0 saturated heterocycles. The van der Waals surface area contributed by atoms with Crippen LogP contribution in [0.2, 0.25) is 0 Å². The van der Waals surface area contributed by atoms with Crippen LogP contribution in [0.15, 0.2) is 0 Å². The van der Waals surface area contributed by atoms with E-state index in [-0.39, 0.29) is 0 Å². The van der Waals surface area contributed by atoms with E-state index in [0.29, 0.717) is 0 Å². The molecular weight excluding hydrogens is 290 g/mol. The van der Waals surface area contributed by atoms with Gasteiger partial charge in [-0.05, 0) is 26.3 Å². The fraction of sp³-hybridized carbons (Fsp3) is 0.913. The van der Waals surface area contributed by atoms with Crippen LogP contribution in [0.5, 0.6) is 0 Å². The van der Waals surface area contributed by atoms with Crippen molar-refractivity contribution in [1.29, 1.82) is 0 Å². The number of rotatable bonds is 19. The SMILES string of the molecule is CC#CCCCCCCCCCCCCCCCCCCCCN. The van der Waals surface area contributed by atoms with Crippen molar-refractivity contribution < 1.29 is 0 Å². The molecule has 24 heavy (non-hydrogen) atoms. The summed E-state index contributed by atoms with van der Waals surface area (Å²) in [5.41, 5.74) is 5.51. The van der Waals surface area contributed by atoms with Crippen LogP contribution < -0.4 is 5.73 Å². The zero-order valence-electron chi connectivity index (χ0n) is 16.7. The minimum absolute atomic E-state index is 0.870. The van der Waals surface area contributed by atoms with Crippen molar-refractivity contribution in [3.8, 4) is 11.8 Å². The lowest BCUT2D eigenvalue weighted by Crippen LogP contribution is -1.97. The predicted molar refractivity (Wildman–Crippen MR) is 110 cm³/mol. The van der Waals surface area contributed by atoms with Crippen LogP contribution in [-0.4, -0.2) is 6.54 Å². The summed E-state index contributed by atoms with van der Waals surface area (Å²) in [6.07, 6.45) is 26.6. The van der Waals surface area contributed by atoms with Gasteiger partial charge in [0.25, 0.3) is 0 Å². The monoisotopic (exact) mass is 335 g/mol. The van der Waals surface area contributed by atoms with Crippen molar-refractivity contribution in [2.24, 2.45) is 5.73 Å². The molecule has 0 unspecified atom stereocenters. The van der Waals surface area contributed by atoms with Crippen molar-refractivity contribution in [3.05, 3.63) is 0 Å². The summed E-state index contributed by atoms with van der Waals surface area (Å²) in [6, 6.07) is 0. The second-order valence-corrected chi connectivity index (χ2v) is 7.33. The molecule has 0 aromatic heterocycles. The molecule has 0 aromatic rings. The van der Waals surface area contributed by atoms with E-state index >= 15 is 0 Å².